The lowest BCUT2D eigenvalue weighted by atomic mass is 10.0. The molecular formula is C20H23F2N5O. The Labute approximate surface area is 162 Å². The summed E-state index contributed by atoms with van der Waals surface area (Å²) in [6.07, 6.45) is 5.99. The zero-order valence-electron chi connectivity index (χ0n) is 15.9. The Morgan fingerprint density at radius 2 is 2.14 bits per heavy atom. The van der Waals surface area contributed by atoms with Crippen LogP contribution in [0.5, 0.6) is 5.75 Å². The third-order valence-corrected chi connectivity index (χ3v) is 4.97. The number of fused-ring (bicyclic) bond motifs is 1. The van der Waals surface area contributed by atoms with Crippen molar-refractivity contribution in [3.8, 4) is 5.75 Å². The molecule has 3 heterocycles. The lowest BCUT2D eigenvalue weighted by Crippen LogP contribution is -2.42. The molecule has 1 unspecified atom stereocenters. The number of pyridine rings is 1. The number of piperidine rings is 1. The Bertz CT molecular complexity index is 974. The number of hydrogen-bond acceptors (Lipinski definition) is 5. The van der Waals surface area contributed by atoms with Gasteiger partial charge in [0.25, 0.3) is 0 Å². The van der Waals surface area contributed by atoms with Gasteiger partial charge in [-0.05, 0) is 44.0 Å². The van der Waals surface area contributed by atoms with Gasteiger partial charge in [0.1, 0.15) is 5.75 Å². The van der Waals surface area contributed by atoms with E-state index in [2.05, 4.69) is 25.0 Å². The van der Waals surface area contributed by atoms with Gasteiger partial charge in [0.2, 0.25) is 0 Å². The summed E-state index contributed by atoms with van der Waals surface area (Å²) in [7, 11) is 1.91. The second-order valence-electron chi connectivity index (χ2n) is 7.17. The van der Waals surface area contributed by atoms with Crippen molar-refractivity contribution in [3.05, 3.63) is 42.4 Å². The first kappa shape index (κ1) is 18.5. The van der Waals surface area contributed by atoms with Crippen LogP contribution in [0.2, 0.25) is 0 Å². The fraction of sp³-hybridized carbons (Fsp3) is 0.400. The molecule has 1 atom stereocenters. The van der Waals surface area contributed by atoms with Gasteiger partial charge in [0.15, 0.2) is 0 Å². The molecule has 8 heteroatoms. The number of rotatable bonds is 5. The second kappa shape index (κ2) is 7.61. The third kappa shape index (κ3) is 4.00. The SMILES string of the molecule is Cc1cc(NC2CCCN(c3cnn(C)c3)C2)c2cc(OC(F)F)ccc2n1. The zero-order chi connectivity index (χ0) is 19.7. The Morgan fingerprint density at radius 1 is 1.29 bits per heavy atom. The van der Waals surface area contributed by atoms with E-state index < -0.39 is 6.61 Å². The maximum absolute atomic E-state index is 12.6. The van der Waals surface area contributed by atoms with Crippen molar-refractivity contribution in [1.82, 2.24) is 14.8 Å². The molecule has 0 spiro atoms. The third-order valence-electron chi connectivity index (χ3n) is 4.97. The number of nitrogens with one attached hydrogen (secondary N) is 1. The van der Waals surface area contributed by atoms with Crippen LogP contribution in [0.25, 0.3) is 10.9 Å². The molecule has 2 aromatic heterocycles. The Balaban J connectivity index is 1.59. The highest BCUT2D eigenvalue weighted by Gasteiger charge is 2.22. The van der Waals surface area contributed by atoms with Crippen molar-refractivity contribution in [2.75, 3.05) is 23.3 Å². The van der Waals surface area contributed by atoms with E-state index in [1.807, 2.05) is 32.4 Å². The standard InChI is InChI=1S/C20H23F2N5O/c1-13-8-19(17-9-16(28-20(21)22)5-6-18(17)24-13)25-14-4-3-7-27(11-14)15-10-23-26(2)12-15/h5-6,8-10,12,14,20H,3-4,7,11H2,1-2H3,(H,24,25). The molecule has 4 rings (SSSR count). The molecule has 6 nitrogen and oxygen atoms in total. The number of anilines is 2. The molecule has 3 aromatic rings. The number of ether oxygens (including phenoxy) is 1. The molecule has 1 aliphatic rings. The highest BCUT2D eigenvalue weighted by Crippen LogP contribution is 2.30. The maximum Gasteiger partial charge on any atom is 0.387 e. The van der Waals surface area contributed by atoms with Gasteiger partial charge in [0, 0.05) is 49.1 Å². The number of hydrogen-bond donors (Lipinski definition) is 1. The molecule has 1 fully saturated rings. The number of alkyl halides is 2. The Morgan fingerprint density at radius 3 is 2.89 bits per heavy atom. The summed E-state index contributed by atoms with van der Waals surface area (Å²) < 4.78 is 31.6. The van der Waals surface area contributed by atoms with Gasteiger partial charge in [-0.25, -0.2) is 0 Å². The van der Waals surface area contributed by atoms with Gasteiger partial charge in [-0.2, -0.15) is 13.9 Å². The van der Waals surface area contributed by atoms with Crippen LogP contribution in [0.4, 0.5) is 20.2 Å². The minimum Gasteiger partial charge on any atom is -0.435 e. The average molecular weight is 387 g/mol. The van der Waals surface area contributed by atoms with Crippen molar-refractivity contribution in [2.24, 2.45) is 7.05 Å². The van der Waals surface area contributed by atoms with Crippen LogP contribution < -0.4 is 15.0 Å². The van der Waals surface area contributed by atoms with Crippen LogP contribution in [-0.4, -0.2) is 40.5 Å². The summed E-state index contributed by atoms with van der Waals surface area (Å²) in [5.74, 6) is 0.136. The summed E-state index contributed by atoms with van der Waals surface area (Å²) in [5.41, 5.74) is 3.62. The summed E-state index contributed by atoms with van der Waals surface area (Å²) in [6, 6.07) is 7.05. The van der Waals surface area contributed by atoms with Crippen LogP contribution in [0.15, 0.2) is 36.7 Å². The number of nitrogens with zero attached hydrogens (tertiary/aromatic N) is 4. The summed E-state index contributed by atoms with van der Waals surface area (Å²) in [5, 5.41) is 8.64. The summed E-state index contributed by atoms with van der Waals surface area (Å²) >= 11 is 0. The predicted octanol–water partition coefficient (Wildman–Crippen LogP) is 3.96. The van der Waals surface area contributed by atoms with Gasteiger partial charge in [-0.3, -0.25) is 9.67 Å². The molecular weight excluding hydrogens is 364 g/mol. The van der Waals surface area contributed by atoms with Crippen LogP contribution in [0.1, 0.15) is 18.5 Å². The van der Waals surface area contributed by atoms with Gasteiger partial charge < -0.3 is 15.0 Å². The minimum atomic E-state index is -2.85. The monoisotopic (exact) mass is 387 g/mol. The molecule has 1 saturated heterocycles. The molecule has 0 aliphatic carbocycles. The normalized spacial score (nSPS) is 17.3. The molecule has 148 valence electrons. The van der Waals surface area contributed by atoms with E-state index in [4.69, 9.17) is 0 Å². The van der Waals surface area contributed by atoms with Crippen molar-refractivity contribution in [2.45, 2.75) is 32.4 Å². The van der Waals surface area contributed by atoms with E-state index in [9.17, 15) is 8.78 Å². The topological polar surface area (TPSA) is 55.2 Å². The summed E-state index contributed by atoms with van der Waals surface area (Å²) in [6.45, 7) is 0.921. The lowest BCUT2D eigenvalue weighted by Gasteiger charge is -2.34. The Hall–Kier alpha value is -2.90. The lowest BCUT2D eigenvalue weighted by molar-refractivity contribution is -0.0497. The highest BCUT2D eigenvalue weighted by molar-refractivity contribution is 5.92. The second-order valence-corrected chi connectivity index (χ2v) is 7.17. The van der Waals surface area contributed by atoms with E-state index in [0.717, 1.165) is 53.9 Å². The quantitative estimate of drug-likeness (QED) is 0.718. The van der Waals surface area contributed by atoms with Gasteiger partial charge in [0.05, 0.1) is 17.4 Å². The molecule has 0 amide bonds. The van der Waals surface area contributed by atoms with E-state index in [1.54, 1.807) is 16.8 Å². The van der Waals surface area contributed by atoms with Crippen molar-refractivity contribution < 1.29 is 13.5 Å². The van der Waals surface area contributed by atoms with Crippen LogP contribution in [-0.2, 0) is 7.05 Å². The maximum atomic E-state index is 12.6. The first-order valence-electron chi connectivity index (χ1n) is 9.34. The fourth-order valence-electron chi connectivity index (χ4n) is 3.75. The molecule has 1 aliphatic heterocycles. The highest BCUT2D eigenvalue weighted by atomic mass is 19.3. The van der Waals surface area contributed by atoms with Gasteiger partial charge in [-0.1, -0.05) is 0 Å². The van der Waals surface area contributed by atoms with Crippen LogP contribution >= 0.6 is 0 Å². The van der Waals surface area contributed by atoms with Crippen LogP contribution in [0.3, 0.4) is 0 Å². The van der Waals surface area contributed by atoms with E-state index in [0.29, 0.717) is 0 Å². The van der Waals surface area contributed by atoms with E-state index in [1.165, 1.54) is 6.07 Å². The first-order valence-corrected chi connectivity index (χ1v) is 9.34. The number of aryl methyl sites for hydroxylation is 2. The predicted molar refractivity (Wildman–Crippen MR) is 105 cm³/mol. The largest absolute Gasteiger partial charge is 0.435 e. The van der Waals surface area contributed by atoms with E-state index >= 15 is 0 Å². The number of aromatic nitrogens is 3. The Kier molecular flexibility index (Phi) is 5.02. The molecule has 0 bridgehead atoms. The first-order chi connectivity index (χ1) is 13.5. The van der Waals surface area contributed by atoms with Crippen LogP contribution in [0, 0.1) is 6.92 Å². The fourth-order valence-corrected chi connectivity index (χ4v) is 3.75. The summed E-state index contributed by atoms with van der Waals surface area (Å²) in [4.78, 5) is 6.83. The molecule has 28 heavy (non-hydrogen) atoms. The van der Waals surface area contributed by atoms with E-state index in [-0.39, 0.29) is 11.8 Å². The molecule has 1 N–H and O–H groups in total. The molecule has 0 radical (unpaired) electrons. The average Bonchev–Trinajstić information content (AvgIpc) is 3.08. The minimum absolute atomic E-state index is 0.136. The van der Waals surface area contributed by atoms with Crippen molar-refractivity contribution in [3.63, 3.8) is 0 Å². The number of halogens is 2. The van der Waals surface area contributed by atoms with Crippen molar-refractivity contribution >= 4 is 22.3 Å². The smallest absolute Gasteiger partial charge is 0.387 e. The zero-order valence-corrected chi connectivity index (χ0v) is 15.9. The molecule has 1 aromatic carbocycles. The van der Waals surface area contributed by atoms with Gasteiger partial charge >= 0.3 is 6.61 Å². The van der Waals surface area contributed by atoms with Crippen molar-refractivity contribution in [1.29, 1.82) is 0 Å². The van der Waals surface area contributed by atoms with Gasteiger partial charge in [-0.15, -0.1) is 0 Å². The molecule has 0 saturated carbocycles. The number of benzene rings is 1.